The summed E-state index contributed by atoms with van der Waals surface area (Å²) in [5.74, 6) is -0.0231. The normalized spacial score (nSPS) is 20.3. The van der Waals surface area contributed by atoms with Crippen LogP contribution in [0.15, 0.2) is 24.5 Å². The quantitative estimate of drug-likeness (QED) is 0.803. The highest BCUT2D eigenvalue weighted by Crippen LogP contribution is 2.33. The van der Waals surface area contributed by atoms with Gasteiger partial charge >= 0.3 is 0 Å². The topological polar surface area (TPSA) is 77.4 Å². The average molecular weight is 376 g/mol. The van der Waals surface area contributed by atoms with Gasteiger partial charge < -0.3 is 20.1 Å². The maximum Gasteiger partial charge on any atom is 0.225 e. The van der Waals surface area contributed by atoms with Crippen LogP contribution in [0.25, 0.3) is 0 Å². The average Bonchev–Trinajstić information content (AvgIpc) is 3.29. The zero-order valence-electron chi connectivity index (χ0n) is 16.0. The molecule has 1 aliphatic heterocycles. The number of hydrogen-bond acceptors (Lipinski definition) is 5. The molecule has 1 fully saturated rings. The summed E-state index contributed by atoms with van der Waals surface area (Å²) in [7, 11) is 4.79. The van der Waals surface area contributed by atoms with Crippen molar-refractivity contribution in [3.63, 3.8) is 0 Å². The third-order valence-electron chi connectivity index (χ3n) is 5.03. The molecule has 0 saturated carbocycles. The Morgan fingerprint density at radius 3 is 2.67 bits per heavy atom. The van der Waals surface area contributed by atoms with Crippen molar-refractivity contribution in [2.45, 2.75) is 18.9 Å². The molecule has 3 rings (SSSR count). The summed E-state index contributed by atoms with van der Waals surface area (Å²) in [5, 5.41) is 10.4. The summed E-state index contributed by atoms with van der Waals surface area (Å²) in [6.07, 6.45) is 3.71. The molecule has 27 heavy (non-hydrogen) atoms. The van der Waals surface area contributed by atoms with Crippen LogP contribution in [-0.4, -0.2) is 43.0 Å². The van der Waals surface area contributed by atoms with Crippen LogP contribution in [0.4, 0.5) is 4.39 Å². The second-order valence-corrected chi connectivity index (χ2v) is 6.78. The summed E-state index contributed by atoms with van der Waals surface area (Å²) in [4.78, 5) is 12.9. The molecular formula is C19H25FN4O3. The van der Waals surface area contributed by atoms with Gasteiger partial charge in [0, 0.05) is 43.9 Å². The van der Waals surface area contributed by atoms with Crippen molar-refractivity contribution in [1.82, 2.24) is 20.4 Å². The first-order chi connectivity index (χ1) is 12.9. The first-order valence-corrected chi connectivity index (χ1v) is 8.85. The first kappa shape index (κ1) is 19.2. The third-order valence-corrected chi connectivity index (χ3v) is 5.03. The second-order valence-electron chi connectivity index (χ2n) is 6.78. The summed E-state index contributed by atoms with van der Waals surface area (Å²) >= 11 is 0. The van der Waals surface area contributed by atoms with E-state index in [0.29, 0.717) is 30.2 Å². The molecule has 0 bridgehead atoms. The lowest BCUT2D eigenvalue weighted by molar-refractivity contribution is -0.125. The lowest BCUT2D eigenvalue weighted by Gasteiger charge is -2.22. The molecule has 0 aliphatic carbocycles. The molecule has 0 radical (unpaired) electrons. The van der Waals surface area contributed by atoms with Gasteiger partial charge in [-0.2, -0.15) is 5.10 Å². The van der Waals surface area contributed by atoms with Crippen molar-refractivity contribution in [3.05, 3.63) is 41.5 Å². The first-order valence-electron chi connectivity index (χ1n) is 8.85. The Bertz CT molecular complexity index is 823. The number of aryl methyl sites for hydroxylation is 1. The molecule has 1 aromatic heterocycles. The van der Waals surface area contributed by atoms with Crippen LogP contribution < -0.4 is 20.1 Å². The zero-order chi connectivity index (χ0) is 19.6. The Kier molecular flexibility index (Phi) is 5.65. The van der Waals surface area contributed by atoms with Crippen molar-refractivity contribution < 1.29 is 18.7 Å². The standard InChI is InChI=1S/C19H25FN4O3/c1-11(13-5-17(26-3)18(27-4)6-16(13)20)23-19(25)15-9-21-8-14(15)12-7-22-24(2)10-12/h5-7,10-11,14-15,21H,8-9H2,1-4H3,(H,23,25)/t11?,14-,15+/m1/s1. The van der Waals surface area contributed by atoms with Crippen molar-refractivity contribution in [2.24, 2.45) is 13.0 Å². The Balaban J connectivity index is 1.75. The summed E-state index contributed by atoms with van der Waals surface area (Å²) in [6, 6.07) is 2.32. The van der Waals surface area contributed by atoms with Crippen molar-refractivity contribution in [3.8, 4) is 11.5 Å². The fourth-order valence-corrected chi connectivity index (χ4v) is 3.54. The van der Waals surface area contributed by atoms with E-state index in [2.05, 4.69) is 15.7 Å². The summed E-state index contributed by atoms with van der Waals surface area (Å²) < 4.78 is 26.5. The molecular weight excluding hydrogens is 351 g/mol. The number of aromatic nitrogens is 2. The zero-order valence-corrected chi connectivity index (χ0v) is 16.0. The number of carbonyl (C=O) groups is 1. The van der Waals surface area contributed by atoms with E-state index in [9.17, 15) is 9.18 Å². The molecule has 146 valence electrons. The fourth-order valence-electron chi connectivity index (χ4n) is 3.54. The van der Waals surface area contributed by atoms with Crippen LogP contribution in [0.3, 0.4) is 0 Å². The third kappa shape index (κ3) is 3.90. The smallest absolute Gasteiger partial charge is 0.225 e. The highest BCUT2D eigenvalue weighted by atomic mass is 19.1. The fraction of sp³-hybridized carbons (Fsp3) is 0.474. The van der Waals surface area contributed by atoms with Gasteiger partial charge in [0.15, 0.2) is 11.5 Å². The highest BCUT2D eigenvalue weighted by molar-refractivity contribution is 5.81. The Morgan fingerprint density at radius 2 is 2.04 bits per heavy atom. The van der Waals surface area contributed by atoms with E-state index in [1.165, 1.54) is 20.3 Å². The second kappa shape index (κ2) is 7.96. The van der Waals surface area contributed by atoms with Crippen molar-refractivity contribution in [2.75, 3.05) is 27.3 Å². The monoisotopic (exact) mass is 376 g/mol. The van der Waals surface area contributed by atoms with Gasteiger partial charge in [-0.25, -0.2) is 4.39 Å². The van der Waals surface area contributed by atoms with Gasteiger partial charge in [-0.1, -0.05) is 0 Å². The molecule has 1 amide bonds. The maximum absolute atomic E-state index is 14.5. The number of nitrogens with zero attached hydrogens (tertiary/aromatic N) is 2. The maximum atomic E-state index is 14.5. The molecule has 2 heterocycles. The number of halogens is 1. The Hall–Kier alpha value is -2.61. The van der Waals surface area contributed by atoms with Crippen molar-refractivity contribution in [1.29, 1.82) is 0 Å². The van der Waals surface area contributed by atoms with Gasteiger partial charge in [0.05, 0.1) is 32.4 Å². The van der Waals surface area contributed by atoms with E-state index < -0.39 is 11.9 Å². The minimum absolute atomic E-state index is 0.0427. The molecule has 1 aromatic carbocycles. The SMILES string of the molecule is COc1cc(F)c(C(C)NC(=O)[C@H]2CNC[C@@H]2c2cnn(C)c2)cc1OC. The minimum atomic E-state index is -0.507. The number of amides is 1. The van der Waals surface area contributed by atoms with Gasteiger partial charge in [-0.3, -0.25) is 9.48 Å². The van der Waals surface area contributed by atoms with Crippen LogP contribution in [0.5, 0.6) is 11.5 Å². The van der Waals surface area contributed by atoms with E-state index in [1.54, 1.807) is 23.9 Å². The van der Waals surface area contributed by atoms with Crippen LogP contribution in [-0.2, 0) is 11.8 Å². The van der Waals surface area contributed by atoms with Gasteiger partial charge in [0.25, 0.3) is 0 Å². The van der Waals surface area contributed by atoms with Gasteiger partial charge in [0.1, 0.15) is 5.82 Å². The van der Waals surface area contributed by atoms with Crippen molar-refractivity contribution >= 4 is 5.91 Å². The van der Waals surface area contributed by atoms with Crippen LogP contribution in [0.1, 0.15) is 30.0 Å². The predicted molar refractivity (Wildman–Crippen MR) is 98.4 cm³/mol. The molecule has 1 aliphatic rings. The molecule has 1 saturated heterocycles. The number of rotatable bonds is 6. The summed E-state index contributed by atoms with van der Waals surface area (Å²) in [5.41, 5.74) is 1.37. The van der Waals surface area contributed by atoms with Gasteiger partial charge in [-0.15, -0.1) is 0 Å². The molecule has 7 nitrogen and oxygen atoms in total. The number of nitrogens with one attached hydrogen (secondary N) is 2. The minimum Gasteiger partial charge on any atom is -0.493 e. The van der Waals surface area contributed by atoms with Gasteiger partial charge in [0.2, 0.25) is 5.91 Å². The number of hydrogen-bond donors (Lipinski definition) is 2. The van der Waals surface area contributed by atoms with E-state index in [0.717, 1.165) is 5.56 Å². The largest absolute Gasteiger partial charge is 0.493 e. The van der Waals surface area contributed by atoms with Crippen LogP contribution in [0, 0.1) is 11.7 Å². The van der Waals surface area contributed by atoms with E-state index in [1.807, 2.05) is 13.2 Å². The number of methoxy groups -OCH3 is 2. The van der Waals surface area contributed by atoms with Gasteiger partial charge in [-0.05, 0) is 18.6 Å². The van der Waals surface area contributed by atoms with Crippen LogP contribution in [0.2, 0.25) is 0 Å². The number of ether oxygens (including phenoxy) is 2. The molecule has 2 aromatic rings. The Morgan fingerprint density at radius 1 is 1.33 bits per heavy atom. The molecule has 1 unspecified atom stereocenters. The van der Waals surface area contributed by atoms with Crippen LogP contribution >= 0.6 is 0 Å². The molecule has 2 N–H and O–H groups in total. The lowest BCUT2D eigenvalue weighted by Crippen LogP contribution is -2.36. The molecule has 8 heteroatoms. The lowest BCUT2D eigenvalue weighted by atomic mass is 9.90. The Labute approximate surface area is 157 Å². The van der Waals surface area contributed by atoms with E-state index in [-0.39, 0.29) is 17.7 Å². The number of carbonyl (C=O) groups excluding carboxylic acids is 1. The van der Waals surface area contributed by atoms with E-state index >= 15 is 0 Å². The molecule has 0 spiro atoms. The molecule has 3 atom stereocenters. The van der Waals surface area contributed by atoms with E-state index in [4.69, 9.17) is 9.47 Å². The summed E-state index contributed by atoms with van der Waals surface area (Å²) in [6.45, 7) is 3.04. The highest BCUT2D eigenvalue weighted by Gasteiger charge is 2.35. The number of benzene rings is 1. The predicted octanol–water partition coefficient (Wildman–Crippen LogP) is 1.76.